The van der Waals surface area contributed by atoms with Gasteiger partial charge in [0.1, 0.15) is 19.3 Å². The number of carbonyl (C=O) groups is 4. The Balaban J connectivity index is 5.12. The second-order valence-corrected chi connectivity index (χ2v) is 29.7. The molecule has 19 heteroatoms. The Morgan fingerprint density at radius 2 is 0.477 bits per heavy atom. The van der Waals surface area contributed by atoms with Gasteiger partial charge in [-0.25, -0.2) is 9.13 Å². The average Bonchev–Trinajstić information content (AvgIpc) is 3.60. The van der Waals surface area contributed by atoms with Crippen LogP contribution in [-0.4, -0.2) is 96.7 Å². The van der Waals surface area contributed by atoms with Crippen molar-refractivity contribution < 1.29 is 80.2 Å². The third-order valence-electron chi connectivity index (χ3n) is 15.8. The summed E-state index contributed by atoms with van der Waals surface area (Å²) in [5.74, 6) is 0.708. The molecule has 88 heavy (non-hydrogen) atoms. The van der Waals surface area contributed by atoms with Crippen LogP contribution in [0.4, 0.5) is 0 Å². The zero-order valence-corrected chi connectivity index (χ0v) is 59.1. The van der Waals surface area contributed by atoms with Crippen molar-refractivity contribution in [3.63, 3.8) is 0 Å². The van der Waals surface area contributed by atoms with E-state index < -0.39 is 97.5 Å². The van der Waals surface area contributed by atoms with Crippen LogP contribution in [0.15, 0.2) is 0 Å². The molecule has 0 bridgehead atoms. The van der Waals surface area contributed by atoms with Crippen molar-refractivity contribution in [1.82, 2.24) is 0 Å². The first-order valence-corrected chi connectivity index (χ1v) is 38.7. The molecule has 0 spiro atoms. The molecule has 0 amide bonds. The van der Waals surface area contributed by atoms with E-state index in [1.54, 1.807) is 0 Å². The summed E-state index contributed by atoms with van der Waals surface area (Å²) in [6, 6.07) is 0. The van der Waals surface area contributed by atoms with Gasteiger partial charge in [-0.1, -0.05) is 287 Å². The Hall–Kier alpha value is -1.94. The third kappa shape index (κ3) is 62.8. The summed E-state index contributed by atoms with van der Waals surface area (Å²) in [7, 11) is -9.89. The van der Waals surface area contributed by atoms with Gasteiger partial charge in [-0.2, -0.15) is 0 Å². The van der Waals surface area contributed by atoms with Crippen molar-refractivity contribution in [3.8, 4) is 0 Å². The molecular weight excluding hydrogens is 1160 g/mol. The fourth-order valence-electron chi connectivity index (χ4n) is 10.3. The largest absolute Gasteiger partial charge is 0.472 e. The maximum Gasteiger partial charge on any atom is 0.472 e. The molecule has 0 aliphatic rings. The molecular formula is C69H134O17P2. The molecule has 0 fully saturated rings. The van der Waals surface area contributed by atoms with Crippen molar-refractivity contribution in [1.29, 1.82) is 0 Å². The van der Waals surface area contributed by atoms with Crippen LogP contribution in [0.25, 0.3) is 0 Å². The number of hydrogen-bond donors (Lipinski definition) is 3. The highest BCUT2D eigenvalue weighted by atomic mass is 31.2. The summed E-state index contributed by atoms with van der Waals surface area (Å²) >= 11 is 0. The van der Waals surface area contributed by atoms with Crippen molar-refractivity contribution in [2.75, 3.05) is 39.6 Å². The maximum atomic E-state index is 13.0. The van der Waals surface area contributed by atoms with Crippen LogP contribution >= 0.6 is 15.6 Å². The average molecular weight is 1300 g/mol. The van der Waals surface area contributed by atoms with Crippen LogP contribution < -0.4 is 0 Å². The fraction of sp³-hybridized carbons (Fsp3) is 0.942. The number of carbonyl (C=O) groups excluding carboxylic acids is 4. The minimum atomic E-state index is -4.95. The van der Waals surface area contributed by atoms with Gasteiger partial charge in [-0.05, 0) is 49.4 Å². The lowest BCUT2D eigenvalue weighted by Gasteiger charge is -2.21. The summed E-state index contributed by atoms with van der Waals surface area (Å²) in [6.07, 6.45) is 41.0. The van der Waals surface area contributed by atoms with Gasteiger partial charge < -0.3 is 33.8 Å². The van der Waals surface area contributed by atoms with Crippen molar-refractivity contribution in [2.45, 2.75) is 356 Å². The van der Waals surface area contributed by atoms with E-state index in [9.17, 15) is 43.2 Å². The Morgan fingerprint density at radius 1 is 0.284 bits per heavy atom. The molecule has 3 unspecified atom stereocenters. The summed E-state index contributed by atoms with van der Waals surface area (Å²) in [4.78, 5) is 72.3. The summed E-state index contributed by atoms with van der Waals surface area (Å²) in [5, 5.41) is 10.5. The van der Waals surface area contributed by atoms with Crippen molar-refractivity contribution in [3.05, 3.63) is 0 Å². The third-order valence-corrected chi connectivity index (χ3v) is 17.7. The zero-order valence-electron chi connectivity index (χ0n) is 57.3. The highest BCUT2D eigenvalue weighted by Crippen LogP contribution is 2.45. The van der Waals surface area contributed by atoms with Crippen molar-refractivity contribution >= 4 is 39.5 Å². The van der Waals surface area contributed by atoms with E-state index in [4.69, 9.17) is 37.0 Å². The first-order chi connectivity index (χ1) is 42.1. The lowest BCUT2D eigenvalue weighted by molar-refractivity contribution is -0.161. The normalized spacial score (nSPS) is 14.3. The fourth-order valence-corrected chi connectivity index (χ4v) is 11.9. The van der Waals surface area contributed by atoms with Gasteiger partial charge >= 0.3 is 39.5 Å². The van der Waals surface area contributed by atoms with Gasteiger partial charge in [0.2, 0.25) is 0 Å². The van der Waals surface area contributed by atoms with Gasteiger partial charge in [0.25, 0.3) is 0 Å². The second-order valence-electron chi connectivity index (χ2n) is 26.8. The Bertz CT molecular complexity index is 1750. The van der Waals surface area contributed by atoms with Crippen LogP contribution in [0.5, 0.6) is 0 Å². The van der Waals surface area contributed by atoms with Crippen LogP contribution in [0.1, 0.15) is 338 Å². The molecule has 0 aromatic heterocycles. The smallest absolute Gasteiger partial charge is 0.462 e. The lowest BCUT2D eigenvalue weighted by atomic mass is 10.0. The molecule has 0 aliphatic heterocycles. The molecule has 0 aromatic carbocycles. The Labute approximate surface area is 537 Å². The SMILES string of the molecule is CC(C)CCCCCCCCCCCCCCCCCCCCC(=O)O[C@H](COC(=O)CCCCCCCCC(C)C)COP(=O)(O)OCC(O)COP(=O)(O)OC[C@@H](COC(=O)CCCCCCCCC(C)C)OC(=O)CCCCCCCCC(C)C. The standard InChI is InChI=1S/C69H134O17P2/c1-59(2)45-37-29-21-19-17-15-13-11-9-10-12-14-16-18-20-22-35-43-51-68(73)85-64(55-79-66(71)49-41-33-26-23-30-38-46-60(3)4)57-83-87(75,76)81-53-63(70)54-82-88(77,78)84-58-65(86-69(74)52-44-36-28-25-32-40-48-62(7)8)56-80-67(72)50-42-34-27-24-31-39-47-61(5)6/h59-65,70H,9-58H2,1-8H3,(H,75,76)(H,77,78)/t63?,64-,65-/m1/s1. The van der Waals surface area contributed by atoms with Crippen LogP contribution in [0.3, 0.4) is 0 Å². The van der Waals surface area contributed by atoms with Gasteiger partial charge in [-0.3, -0.25) is 37.3 Å². The predicted molar refractivity (Wildman–Crippen MR) is 354 cm³/mol. The van der Waals surface area contributed by atoms with E-state index in [0.717, 1.165) is 109 Å². The Kier molecular flexibility index (Phi) is 57.6. The molecule has 0 aliphatic carbocycles. The molecule has 522 valence electrons. The number of aliphatic hydroxyl groups excluding tert-OH is 1. The molecule has 0 saturated heterocycles. The van der Waals surface area contributed by atoms with Gasteiger partial charge in [0.15, 0.2) is 12.2 Å². The minimum Gasteiger partial charge on any atom is -0.462 e. The highest BCUT2D eigenvalue weighted by Gasteiger charge is 2.30. The van der Waals surface area contributed by atoms with Crippen LogP contribution in [0.2, 0.25) is 0 Å². The van der Waals surface area contributed by atoms with Crippen LogP contribution in [-0.2, 0) is 65.4 Å². The highest BCUT2D eigenvalue weighted by molar-refractivity contribution is 7.47. The molecule has 0 rings (SSSR count). The minimum absolute atomic E-state index is 0.100. The van der Waals surface area contributed by atoms with E-state index in [1.165, 1.54) is 128 Å². The molecule has 17 nitrogen and oxygen atoms in total. The Morgan fingerprint density at radius 3 is 0.705 bits per heavy atom. The molecule has 0 radical (unpaired) electrons. The van der Waals surface area contributed by atoms with E-state index in [1.807, 2.05) is 0 Å². The van der Waals surface area contributed by atoms with Crippen molar-refractivity contribution in [2.24, 2.45) is 23.7 Å². The molecule has 0 saturated carbocycles. The van der Waals surface area contributed by atoms with E-state index in [2.05, 4.69) is 55.4 Å². The van der Waals surface area contributed by atoms with Gasteiger partial charge in [0, 0.05) is 25.7 Å². The van der Waals surface area contributed by atoms with Crippen LogP contribution in [0, 0.1) is 23.7 Å². The van der Waals surface area contributed by atoms with E-state index in [-0.39, 0.29) is 25.7 Å². The summed E-state index contributed by atoms with van der Waals surface area (Å²) in [6.45, 7) is 13.9. The maximum absolute atomic E-state index is 13.0. The number of esters is 4. The van der Waals surface area contributed by atoms with Gasteiger partial charge in [0.05, 0.1) is 26.4 Å². The lowest BCUT2D eigenvalue weighted by Crippen LogP contribution is -2.30. The summed E-state index contributed by atoms with van der Waals surface area (Å²) < 4.78 is 68.1. The van der Waals surface area contributed by atoms with E-state index >= 15 is 0 Å². The topological polar surface area (TPSA) is 237 Å². The first kappa shape index (κ1) is 86.1. The molecule has 3 N–H and O–H groups in total. The second kappa shape index (κ2) is 58.8. The number of phosphoric ester groups is 2. The van der Waals surface area contributed by atoms with E-state index in [0.29, 0.717) is 43.4 Å². The summed E-state index contributed by atoms with van der Waals surface area (Å²) in [5.41, 5.74) is 0. The number of rotatable bonds is 66. The monoisotopic (exact) mass is 1300 g/mol. The predicted octanol–water partition coefficient (Wildman–Crippen LogP) is 19.3. The van der Waals surface area contributed by atoms with Gasteiger partial charge in [-0.15, -0.1) is 0 Å². The number of ether oxygens (including phenoxy) is 4. The quantitative estimate of drug-likeness (QED) is 0.0222. The number of hydrogen-bond acceptors (Lipinski definition) is 15. The molecule has 0 aromatic rings. The molecule has 5 atom stereocenters. The number of phosphoric acid groups is 2. The molecule has 0 heterocycles. The zero-order chi connectivity index (χ0) is 65.4. The first-order valence-electron chi connectivity index (χ1n) is 35.7. The number of aliphatic hydroxyl groups is 1. The number of unbranched alkanes of at least 4 members (excludes halogenated alkanes) is 32.